The van der Waals surface area contributed by atoms with Crippen molar-refractivity contribution in [1.29, 1.82) is 0 Å². The normalized spacial score (nSPS) is 20.5. The Labute approximate surface area is 139 Å². The van der Waals surface area contributed by atoms with Crippen LogP contribution in [0.5, 0.6) is 0 Å². The van der Waals surface area contributed by atoms with Gasteiger partial charge in [-0.1, -0.05) is 54.2 Å². The fourth-order valence-corrected chi connectivity index (χ4v) is 3.07. The molecule has 0 fully saturated rings. The first-order valence-corrected chi connectivity index (χ1v) is 8.67. The van der Waals surface area contributed by atoms with Crippen molar-refractivity contribution in [2.45, 2.75) is 18.4 Å². The molecular formula is C19H17FO2S. The molecular weight excluding hydrogens is 311 g/mol. The lowest BCUT2D eigenvalue weighted by molar-refractivity contribution is -0.112. The molecule has 0 bridgehead atoms. The lowest BCUT2D eigenvalue weighted by Gasteiger charge is -2.29. The SMILES string of the molecule is CSC(=O)C1=C[C@H](c2ccccc2)C[C@@H](c2ccc(F)cc2)O1. The lowest BCUT2D eigenvalue weighted by atomic mass is 9.88. The lowest BCUT2D eigenvalue weighted by Crippen LogP contribution is -2.18. The maximum absolute atomic E-state index is 13.1. The van der Waals surface area contributed by atoms with E-state index in [-0.39, 0.29) is 23.0 Å². The highest BCUT2D eigenvalue weighted by Crippen LogP contribution is 2.39. The summed E-state index contributed by atoms with van der Waals surface area (Å²) in [6.45, 7) is 0. The fourth-order valence-electron chi connectivity index (χ4n) is 2.75. The minimum absolute atomic E-state index is 0.0854. The Hall–Kier alpha value is -2.07. The van der Waals surface area contributed by atoms with Gasteiger partial charge in [0.2, 0.25) is 0 Å². The Kier molecular flexibility index (Phi) is 4.82. The first-order valence-electron chi connectivity index (χ1n) is 7.44. The van der Waals surface area contributed by atoms with Crippen LogP contribution in [0.3, 0.4) is 0 Å². The number of halogens is 1. The standard InChI is InChI=1S/C19H17FO2S/c1-23-19(21)18-12-15(13-5-3-2-4-6-13)11-17(22-18)14-7-9-16(20)10-8-14/h2-10,12,15,17H,11H2,1H3/t15-,17+/m1/s1. The predicted octanol–water partition coefficient (Wildman–Crippen LogP) is 4.84. The summed E-state index contributed by atoms with van der Waals surface area (Å²) < 4.78 is 19.0. The van der Waals surface area contributed by atoms with E-state index in [1.54, 1.807) is 18.4 Å². The highest BCUT2D eigenvalue weighted by Gasteiger charge is 2.28. The van der Waals surface area contributed by atoms with Gasteiger partial charge in [-0.05, 0) is 42.0 Å². The number of hydrogen-bond acceptors (Lipinski definition) is 3. The molecule has 0 aliphatic carbocycles. The topological polar surface area (TPSA) is 26.3 Å². The Morgan fingerprint density at radius 3 is 2.43 bits per heavy atom. The van der Waals surface area contributed by atoms with Gasteiger partial charge in [-0.15, -0.1) is 0 Å². The number of benzene rings is 2. The van der Waals surface area contributed by atoms with E-state index in [0.717, 1.165) is 29.3 Å². The zero-order valence-corrected chi connectivity index (χ0v) is 13.6. The third-order valence-electron chi connectivity index (χ3n) is 3.95. The van der Waals surface area contributed by atoms with Crippen LogP contribution in [0, 0.1) is 5.82 Å². The number of carbonyl (C=O) groups is 1. The van der Waals surface area contributed by atoms with Gasteiger partial charge in [0.25, 0.3) is 5.12 Å². The van der Waals surface area contributed by atoms with Gasteiger partial charge in [0.15, 0.2) is 5.76 Å². The average molecular weight is 328 g/mol. The molecule has 0 saturated heterocycles. The Morgan fingerprint density at radius 1 is 1.09 bits per heavy atom. The quantitative estimate of drug-likeness (QED) is 0.806. The highest BCUT2D eigenvalue weighted by atomic mass is 32.2. The molecule has 2 nitrogen and oxygen atoms in total. The van der Waals surface area contributed by atoms with E-state index in [0.29, 0.717) is 5.76 Å². The third-order valence-corrected chi connectivity index (χ3v) is 4.52. The minimum Gasteiger partial charge on any atom is -0.481 e. The number of thioether (sulfide) groups is 1. The minimum atomic E-state index is -0.278. The summed E-state index contributed by atoms with van der Waals surface area (Å²) in [5.74, 6) is 0.207. The smallest absolute Gasteiger partial charge is 0.253 e. The summed E-state index contributed by atoms with van der Waals surface area (Å²) in [5.41, 5.74) is 2.03. The zero-order chi connectivity index (χ0) is 16.2. The monoisotopic (exact) mass is 328 g/mol. The van der Waals surface area contributed by atoms with E-state index in [1.807, 2.05) is 24.3 Å². The molecule has 3 rings (SSSR count). The summed E-state index contributed by atoms with van der Waals surface area (Å²) >= 11 is 1.14. The third kappa shape index (κ3) is 3.64. The van der Waals surface area contributed by atoms with Gasteiger partial charge in [-0.2, -0.15) is 0 Å². The van der Waals surface area contributed by atoms with Crippen molar-refractivity contribution in [1.82, 2.24) is 0 Å². The summed E-state index contributed by atoms with van der Waals surface area (Å²) in [6.07, 6.45) is 4.11. The largest absolute Gasteiger partial charge is 0.481 e. The molecule has 2 aromatic rings. The van der Waals surface area contributed by atoms with Gasteiger partial charge in [-0.25, -0.2) is 4.39 Å². The second-order valence-electron chi connectivity index (χ2n) is 5.43. The zero-order valence-electron chi connectivity index (χ0n) is 12.7. The van der Waals surface area contributed by atoms with Crippen molar-refractivity contribution in [3.63, 3.8) is 0 Å². The van der Waals surface area contributed by atoms with Gasteiger partial charge in [-0.3, -0.25) is 4.79 Å². The van der Waals surface area contributed by atoms with Crippen LogP contribution in [0.1, 0.15) is 29.6 Å². The van der Waals surface area contributed by atoms with Gasteiger partial charge in [0.05, 0.1) is 0 Å². The van der Waals surface area contributed by atoms with Crippen LogP contribution >= 0.6 is 11.8 Å². The van der Waals surface area contributed by atoms with Gasteiger partial charge >= 0.3 is 0 Å². The second kappa shape index (κ2) is 7.01. The molecule has 0 N–H and O–H groups in total. The molecule has 0 aromatic heterocycles. The van der Waals surface area contributed by atoms with Gasteiger partial charge in [0.1, 0.15) is 11.9 Å². The molecule has 23 heavy (non-hydrogen) atoms. The molecule has 118 valence electrons. The first kappa shape index (κ1) is 15.8. The van der Waals surface area contributed by atoms with Crippen molar-refractivity contribution >= 4 is 16.9 Å². The van der Waals surface area contributed by atoms with Crippen molar-refractivity contribution in [3.05, 3.63) is 83.4 Å². The van der Waals surface area contributed by atoms with E-state index in [9.17, 15) is 9.18 Å². The Bertz CT molecular complexity index is 710. The second-order valence-corrected chi connectivity index (χ2v) is 6.21. The average Bonchev–Trinajstić information content (AvgIpc) is 2.62. The van der Waals surface area contributed by atoms with Gasteiger partial charge < -0.3 is 4.74 Å². The maximum Gasteiger partial charge on any atom is 0.253 e. The van der Waals surface area contributed by atoms with Crippen LogP contribution in [-0.2, 0) is 9.53 Å². The summed E-state index contributed by atoms with van der Waals surface area (Å²) in [5, 5.41) is -0.0854. The van der Waals surface area contributed by atoms with Crippen molar-refractivity contribution in [3.8, 4) is 0 Å². The maximum atomic E-state index is 13.1. The molecule has 0 spiro atoms. The van der Waals surface area contributed by atoms with Crippen LogP contribution < -0.4 is 0 Å². The highest BCUT2D eigenvalue weighted by molar-refractivity contribution is 8.13. The number of hydrogen-bond donors (Lipinski definition) is 0. The van der Waals surface area contributed by atoms with Crippen LogP contribution in [-0.4, -0.2) is 11.4 Å². The van der Waals surface area contributed by atoms with Crippen LogP contribution in [0.4, 0.5) is 4.39 Å². The van der Waals surface area contributed by atoms with Crippen molar-refractivity contribution in [2.75, 3.05) is 6.26 Å². The summed E-state index contributed by atoms with van der Waals surface area (Å²) in [7, 11) is 0. The number of carbonyl (C=O) groups excluding carboxylic acids is 1. The van der Waals surface area contributed by atoms with Crippen LogP contribution in [0.25, 0.3) is 0 Å². The van der Waals surface area contributed by atoms with E-state index >= 15 is 0 Å². The molecule has 2 atom stereocenters. The number of ether oxygens (including phenoxy) is 1. The van der Waals surface area contributed by atoms with E-state index in [4.69, 9.17) is 4.74 Å². The fraction of sp³-hybridized carbons (Fsp3) is 0.211. The van der Waals surface area contributed by atoms with Gasteiger partial charge in [0, 0.05) is 5.92 Å². The number of rotatable bonds is 3. The van der Waals surface area contributed by atoms with E-state index in [1.165, 1.54) is 12.1 Å². The van der Waals surface area contributed by atoms with E-state index < -0.39 is 0 Å². The molecule has 4 heteroatoms. The van der Waals surface area contributed by atoms with Crippen LogP contribution in [0.15, 0.2) is 66.4 Å². The van der Waals surface area contributed by atoms with Crippen LogP contribution in [0.2, 0.25) is 0 Å². The van der Waals surface area contributed by atoms with Crippen molar-refractivity contribution in [2.24, 2.45) is 0 Å². The molecule has 1 aliphatic heterocycles. The first-order chi connectivity index (χ1) is 11.2. The summed E-state index contributed by atoms with van der Waals surface area (Å²) in [6, 6.07) is 16.3. The Morgan fingerprint density at radius 2 is 1.78 bits per heavy atom. The Balaban J connectivity index is 1.93. The molecule has 1 aliphatic rings. The molecule has 0 saturated carbocycles. The predicted molar refractivity (Wildman–Crippen MR) is 90.6 cm³/mol. The van der Waals surface area contributed by atoms with E-state index in [2.05, 4.69) is 12.1 Å². The number of allylic oxidation sites excluding steroid dienone is 1. The molecule has 0 amide bonds. The molecule has 2 aromatic carbocycles. The molecule has 0 unspecified atom stereocenters. The molecule has 1 heterocycles. The molecule has 0 radical (unpaired) electrons. The van der Waals surface area contributed by atoms with Crippen molar-refractivity contribution < 1.29 is 13.9 Å². The summed E-state index contributed by atoms with van der Waals surface area (Å²) in [4.78, 5) is 12.1.